The molecule has 1 aliphatic heterocycles. The zero-order valence-corrected chi connectivity index (χ0v) is 14.8. The van der Waals surface area contributed by atoms with Crippen LogP contribution in [0, 0.1) is 12.7 Å². The Hall–Kier alpha value is -1.54. The second-order valence-corrected chi connectivity index (χ2v) is 7.34. The number of benzene rings is 1. The fourth-order valence-corrected chi connectivity index (χ4v) is 4.67. The lowest BCUT2D eigenvalue weighted by atomic mass is 10.1. The van der Waals surface area contributed by atoms with E-state index in [1.165, 1.54) is 29.4 Å². The molecule has 1 aliphatic rings. The van der Waals surface area contributed by atoms with Crippen LogP contribution in [0.15, 0.2) is 47.6 Å². The first-order chi connectivity index (χ1) is 11.0. The molecule has 1 unspecified atom stereocenters. The molecule has 8 heteroatoms. The summed E-state index contributed by atoms with van der Waals surface area (Å²) in [5, 5.41) is 3.20. The number of halogens is 2. The van der Waals surface area contributed by atoms with E-state index < -0.39 is 15.8 Å². The smallest absolute Gasteiger partial charge is 0.244 e. The third-order valence-corrected chi connectivity index (χ3v) is 6.12. The van der Waals surface area contributed by atoms with Gasteiger partial charge in [-0.05, 0) is 30.7 Å². The Morgan fingerprint density at radius 2 is 2.08 bits per heavy atom. The summed E-state index contributed by atoms with van der Waals surface area (Å²) < 4.78 is 41.3. The number of aromatic nitrogens is 1. The van der Waals surface area contributed by atoms with E-state index in [-0.39, 0.29) is 28.9 Å². The van der Waals surface area contributed by atoms with Crippen LogP contribution in [0.25, 0.3) is 0 Å². The fourth-order valence-electron chi connectivity index (χ4n) is 2.82. The summed E-state index contributed by atoms with van der Waals surface area (Å²) in [5.41, 5.74) is 0.966. The van der Waals surface area contributed by atoms with Gasteiger partial charge in [0.25, 0.3) is 0 Å². The molecule has 1 N–H and O–H groups in total. The first-order valence-electron chi connectivity index (χ1n) is 7.39. The van der Waals surface area contributed by atoms with E-state index in [1.54, 1.807) is 18.5 Å². The SMILES string of the molecule is Cc1c(F)cccc1S(=O)(=O)N1CCNCC1c1cccnc1.Cl. The summed E-state index contributed by atoms with van der Waals surface area (Å²) >= 11 is 0. The van der Waals surface area contributed by atoms with Crippen molar-refractivity contribution in [2.45, 2.75) is 17.9 Å². The highest BCUT2D eigenvalue weighted by Crippen LogP contribution is 2.30. The van der Waals surface area contributed by atoms with Crippen molar-refractivity contribution >= 4 is 22.4 Å². The number of nitrogens with one attached hydrogen (secondary N) is 1. The van der Waals surface area contributed by atoms with E-state index in [4.69, 9.17) is 0 Å². The van der Waals surface area contributed by atoms with E-state index in [2.05, 4.69) is 10.3 Å². The van der Waals surface area contributed by atoms with E-state index in [1.807, 2.05) is 6.07 Å². The van der Waals surface area contributed by atoms with Crippen LogP contribution in [0.1, 0.15) is 17.2 Å². The molecule has 1 atom stereocenters. The summed E-state index contributed by atoms with van der Waals surface area (Å²) in [6, 6.07) is 7.43. The Bertz CT molecular complexity index is 802. The molecule has 1 aromatic heterocycles. The zero-order valence-electron chi connectivity index (χ0n) is 13.1. The molecular weight excluding hydrogens is 353 g/mol. The number of hydrogen-bond acceptors (Lipinski definition) is 4. The molecule has 1 saturated heterocycles. The van der Waals surface area contributed by atoms with E-state index in [0.29, 0.717) is 19.6 Å². The highest BCUT2D eigenvalue weighted by Gasteiger charge is 2.35. The third-order valence-electron chi connectivity index (χ3n) is 4.07. The van der Waals surface area contributed by atoms with Crippen LogP contribution in [0.3, 0.4) is 0 Å². The Labute approximate surface area is 147 Å². The minimum absolute atomic E-state index is 0. The molecule has 0 saturated carbocycles. The summed E-state index contributed by atoms with van der Waals surface area (Å²) in [5.74, 6) is -0.515. The first-order valence-corrected chi connectivity index (χ1v) is 8.83. The molecule has 0 aliphatic carbocycles. The van der Waals surface area contributed by atoms with Gasteiger partial charge in [0.2, 0.25) is 10.0 Å². The van der Waals surface area contributed by atoms with E-state index in [0.717, 1.165) is 5.56 Å². The van der Waals surface area contributed by atoms with Crippen molar-refractivity contribution in [1.29, 1.82) is 0 Å². The van der Waals surface area contributed by atoms with Crippen molar-refractivity contribution in [1.82, 2.24) is 14.6 Å². The van der Waals surface area contributed by atoms with Crippen LogP contribution in [-0.2, 0) is 10.0 Å². The van der Waals surface area contributed by atoms with Gasteiger partial charge in [0.05, 0.1) is 10.9 Å². The van der Waals surface area contributed by atoms with E-state index >= 15 is 0 Å². The topological polar surface area (TPSA) is 62.3 Å². The van der Waals surface area contributed by atoms with Gasteiger partial charge in [-0.15, -0.1) is 12.4 Å². The van der Waals surface area contributed by atoms with Gasteiger partial charge in [-0.3, -0.25) is 4.98 Å². The van der Waals surface area contributed by atoms with Crippen LogP contribution < -0.4 is 5.32 Å². The fraction of sp³-hybridized carbons (Fsp3) is 0.312. The minimum atomic E-state index is -3.79. The largest absolute Gasteiger partial charge is 0.313 e. The molecule has 0 bridgehead atoms. The predicted octanol–water partition coefficient (Wildman–Crippen LogP) is 2.29. The summed E-state index contributed by atoms with van der Waals surface area (Å²) in [6.45, 7) is 2.88. The molecule has 0 amide bonds. The number of hydrogen-bond donors (Lipinski definition) is 1. The Kier molecular flexibility index (Phi) is 5.92. The number of sulfonamides is 1. The molecule has 1 aromatic carbocycles. The summed E-state index contributed by atoms with van der Waals surface area (Å²) in [6.07, 6.45) is 3.31. The Balaban J connectivity index is 0.00000208. The van der Waals surface area contributed by atoms with E-state index in [9.17, 15) is 12.8 Å². The highest BCUT2D eigenvalue weighted by atomic mass is 35.5. The average molecular weight is 372 g/mol. The molecule has 0 spiro atoms. The average Bonchev–Trinajstić information content (AvgIpc) is 2.58. The van der Waals surface area contributed by atoms with Crippen molar-refractivity contribution < 1.29 is 12.8 Å². The van der Waals surface area contributed by atoms with Crippen LogP contribution in [0.5, 0.6) is 0 Å². The van der Waals surface area contributed by atoms with Crippen LogP contribution in [0.2, 0.25) is 0 Å². The van der Waals surface area contributed by atoms with Gasteiger partial charge in [0.15, 0.2) is 0 Å². The maximum atomic E-state index is 13.8. The highest BCUT2D eigenvalue weighted by molar-refractivity contribution is 7.89. The van der Waals surface area contributed by atoms with Crippen molar-refractivity contribution in [3.05, 3.63) is 59.7 Å². The van der Waals surface area contributed by atoms with Gasteiger partial charge >= 0.3 is 0 Å². The van der Waals surface area contributed by atoms with Crippen LogP contribution in [-0.4, -0.2) is 37.3 Å². The zero-order chi connectivity index (χ0) is 16.4. The molecule has 130 valence electrons. The summed E-state index contributed by atoms with van der Waals surface area (Å²) in [4.78, 5) is 4.09. The Morgan fingerprint density at radius 1 is 1.29 bits per heavy atom. The number of pyridine rings is 1. The molecule has 3 rings (SSSR count). The molecule has 0 radical (unpaired) electrons. The molecule has 2 aromatic rings. The maximum Gasteiger partial charge on any atom is 0.244 e. The quantitative estimate of drug-likeness (QED) is 0.899. The third kappa shape index (κ3) is 3.44. The van der Waals surface area contributed by atoms with Crippen molar-refractivity contribution in [3.8, 4) is 0 Å². The van der Waals surface area contributed by atoms with Gasteiger partial charge < -0.3 is 5.32 Å². The molecule has 1 fully saturated rings. The van der Waals surface area contributed by atoms with Gasteiger partial charge in [0, 0.05) is 37.6 Å². The van der Waals surface area contributed by atoms with Gasteiger partial charge in [0.1, 0.15) is 5.82 Å². The van der Waals surface area contributed by atoms with Crippen molar-refractivity contribution in [3.63, 3.8) is 0 Å². The molecule has 2 heterocycles. The number of rotatable bonds is 3. The predicted molar refractivity (Wildman–Crippen MR) is 92.1 cm³/mol. The Morgan fingerprint density at radius 3 is 2.79 bits per heavy atom. The minimum Gasteiger partial charge on any atom is -0.313 e. The van der Waals surface area contributed by atoms with Crippen molar-refractivity contribution in [2.75, 3.05) is 19.6 Å². The monoisotopic (exact) mass is 371 g/mol. The van der Waals surface area contributed by atoms with Gasteiger partial charge in [-0.1, -0.05) is 12.1 Å². The second-order valence-electron chi connectivity index (χ2n) is 5.49. The number of piperazine rings is 1. The van der Waals surface area contributed by atoms with Crippen LogP contribution >= 0.6 is 12.4 Å². The maximum absolute atomic E-state index is 13.8. The lowest BCUT2D eigenvalue weighted by Crippen LogP contribution is -2.48. The second kappa shape index (κ2) is 7.57. The van der Waals surface area contributed by atoms with Crippen molar-refractivity contribution in [2.24, 2.45) is 0 Å². The first kappa shape index (κ1) is 18.8. The van der Waals surface area contributed by atoms with Gasteiger partial charge in [-0.2, -0.15) is 4.31 Å². The molecular formula is C16H19ClFN3O2S. The normalized spacial score (nSPS) is 18.8. The lowest BCUT2D eigenvalue weighted by molar-refractivity contribution is 0.271. The molecule has 24 heavy (non-hydrogen) atoms. The summed E-state index contributed by atoms with van der Waals surface area (Å²) in [7, 11) is -3.79. The van der Waals surface area contributed by atoms with Crippen LogP contribution in [0.4, 0.5) is 4.39 Å². The molecule has 5 nitrogen and oxygen atoms in total. The lowest BCUT2D eigenvalue weighted by Gasteiger charge is -2.35. The number of nitrogens with zero attached hydrogens (tertiary/aromatic N) is 2. The standard InChI is InChI=1S/C16H18FN3O2S.ClH/c1-12-14(17)5-2-6-16(12)23(21,22)20-9-8-19-11-15(20)13-4-3-7-18-10-13;/h2-7,10,15,19H,8-9,11H2,1H3;1H. The van der Waals surface area contributed by atoms with Gasteiger partial charge in [-0.25, -0.2) is 12.8 Å².